The molecule has 0 aliphatic rings. The van der Waals surface area contributed by atoms with Gasteiger partial charge in [0.25, 0.3) is 0 Å². The molecule has 1 heterocycles. The van der Waals surface area contributed by atoms with Crippen molar-refractivity contribution >= 4 is 11.9 Å². The first-order valence-corrected chi connectivity index (χ1v) is 5.72. The molecule has 1 aromatic heterocycles. The van der Waals surface area contributed by atoms with E-state index in [-0.39, 0.29) is 6.42 Å². The van der Waals surface area contributed by atoms with Crippen LogP contribution in [-0.4, -0.2) is 35.9 Å². The van der Waals surface area contributed by atoms with E-state index in [1.54, 1.807) is 4.68 Å². The summed E-state index contributed by atoms with van der Waals surface area (Å²) in [6, 6.07) is 1.85. The topological polar surface area (TPSA) is 70.4 Å². The van der Waals surface area contributed by atoms with E-state index in [2.05, 4.69) is 14.6 Å². The Morgan fingerprint density at radius 1 is 1.33 bits per heavy atom. The number of ether oxygens (including phenoxy) is 2. The van der Waals surface area contributed by atoms with E-state index in [4.69, 9.17) is 0 Å². The zero-order valence-electron chi connectivity index (χ0n) is 11.1. The Morgan fingerprint density at radius 3 is 2.33 bits per heavy atom. The zero-order valence-corrected chi connectivity index (χ0v) is 11.1. The second-order valence-corrected chi connectivity index (χ2v) is 3.90. The third-order valence-electron chi connectivity index (χ3n) is 2.67. The maximum atomic E-state index is 11.6. The zero-order chi connectivity index (χ0) is 13.7. The summed E-state index contributed by atoms with van der Waals surface area (Å²) in [5.41, 5.74) is 1.66. The average Bonchev–Trinajstić information content (AvgIpc) is 2.74. The van der Waals surface area contributed by atoms with Gasteiger partial charge in [-0.1, -0.05) is 0 Å². The van der Waals surface area contributed by atoms with Crippen LogP contribution < -0.4 is 0 Å². The molecule has 100 valence electrons. The Kier molecular flexibility index (Phi) is 4.88. The second kappa shape index (κ2) is 6.18. The summed E-state index contributed by atoms with van der Waals surface area (Å²) in [5.74, 6) is -2.13. The molecule has 0 unspecified atom stereocenters. The Labute approximate surface area is 106 Å². The number of hydrogen-bond acceptors (Lipinski definition) is 5. The normalized spacial score (nSPS) is 10.5. The number of aromatic nitrogens is 2. The minimum Gasteiger partial charge on any atom is -0.468 e. The van der Waals surface area contributed by atoms with Gasteiger partial charge in [0.05, 0.1) is 19.9 Å². The summed E-state index contributed by atoms with van der Waals surface area (Å²) >= 11 is 0. The fraction of sp³-hybridized carbons (Fsp3) is 0.583. The molecule has 0 radical (unpaired) electrons. The molecular weight excluding hydrogens is 236 g/mol. The molecule has 1 aromatic rings. The summed E-state index contributed by atoms with van der Waals surface area (Å²) in [4.78, 5) is 23.1. The Morgan fingerprint density at radius 2 is 1.89 bits per heavy atom. The standard InChI is InChI=1S/C12H18N2O4/c1-5-14-9(6-8(2)13-14)7-10(11(15)17-3)12(16)18-4/h6,10H,5,7H2,1-4H3. The van der Waals surface area contributed by atoms with Gasteiger partial charge in [-0.2, -0.15) is 5.10 Å². The van der Waals surface area contributed by atoms with Crippen LogP contribution in [0.25, 0.3) is 0 Å². The molecule has 0 bridgehead atoms. The highest BCUT2D eigenvalue weighted by molar-refractivity contribution is 5.95. The Bertz CT molecular complexity index is 423. The van der Waals surface area contributed by atoms with Crippen molar-refractivity contribution in [2.75, 3.05) is 14.2 Å². The largest absolute Gasteiger partial charge is 0.468 e. The van der Waals surface area contributed by atoms with Gasteiger partial charge in [0.2, 0.25) is 0 Å². The average molecular weight is 254 g/mol. The molecule has 1 rings (SSSR count). The van der Waals surface area contributed by atoms with E-state index < -0.39 is 17.9 Å². The lowest BCUT2D eigenvalue weighted by Gasteiger charge is -2.12. The summed E-state index contributed by atoms with van der Waals surface area (Å²) in [6.07, 6.45) is 0.230. The fourth-order valence-electron chi connectivity index (χ4n) is 1.79. The van der Waals surface area contributed by atoms with E-state index in [1.165, 1.54) is 14.2 Å². The number of rotatable bonds is 5. The summed E-state index contributed by atoms with van der Waals surface area (Å²) < 4.78 is 11.0. The van der Waals surface area contributed by atoms with Crippen LogP contribution in [0.15, 0.2) is 6.07 Å². The number of methoxy groups -OCH3 is 2. The maximum absolute atomic E-state index is 11.6. The molecule has 0 spiro atoms. The molecule has 0 atom stereocenters. The predicted molar refractivity (Wildman–Crippen MR) is 63.9 cm³/mol. The lowest BCUT2D eigenvalue weighted by Crippen LogP contribution is -2.29. The molecular formula is C12H18N2O4. The highest BCUT2D eigenvalue weighted by Crippen LogP contribution is 2.13. The van der Waals surface area contributed by atoms with Crippen LogP contribution in [0.5, 0.6) is 0 Å². The number of carbonyl (C=O) groups excluding carboxylic acids is 2. The van der Waals surface area contributed by atoms with E-state index in [0.29, 0.717) is 6.54 Å². The maximum Gasteiger partial charge on any atom is 0.320 e. The first kappa shape index (κ1) is 14.2. The van der Waals surface area contributed by atoms with Crippen LogP contribution >= 0.6 is 0 Å². The van der Waals surface area contributed by atoms with Crippen LogP contribution in [0.4, 0.5) is 0 Å². The first-order chi connectivity index (χ1) is 8.53. The van der Waals surface area contributed by atoms with E-state index in [0.717, 1.165) is 11.4 Å². The summed E-state index contributed by atoms with van der Waals surface area (Å²) in [7, 11) is 2.50. The van der Waals surface area contributed by atoms with E-state index >= 15 is 0 Å². The lowest BCUT2D eigenvalue weighted by molar-refractivity contribution is -0.158. The summed E-state index contributed by atoms with van der Waals surface area (Å²) in [5, 5.41) is 4.26. The second-order valence-electron chi connectivity index (χ2n) is 3.90. The van der Waals surface area contributed by atoms with Gasteiger partial charge >= 0.3 is 11.9 Å². The van der Waals surface area contributed by atoms with Crippen LogP contribution in [0, 0.1) is 12.8 Å². The van der Waals surface area contributed by atoms with Gasteiger partial charge in [-0.05, 0) is 19.9 Å². The van der Waals surface area contributed by atoms with Crippen molar-refractivity contribution in [1.29, 1.82) is 0 Å². The minimum absolute atomic E-state index is 0.230. The minimum atomic E-state index is -0.943. The predicted octanol–water partition coefficient (Wildman–Crippen LogP) is 0.716. The molecule has 18 heavy (non-hydrogen) atoms. The van der Waals surface area contributed by atoms with E-state index in [9.17, 15) is 9.59 Å². The SMILES string of the molecule is CCn1nc(C)cc1CC(C(=O)OC)C(=O)OC. The van der Waals surface area contributed by atoms with Gasteiger partial charge in [0, 0.05) is 18.7 Å². The molecule has 0 aromatic carbocycles. The quantitative estimate of drug-likeness (QED) is 0.572. The van der Waals surface area contributed by atoms with Crippen LogP contribution in [0.1, 0.15) is 18.3 Å². The van der Waals surface area contributed by atoms with Crippen molar-refractivity contribution in [3.8, 4) is 0 Å². The molecule has 6 heteroatoms. The first-order valence-electron chi connectivity index (χ1n) is 5.72. The molecule has 6 nitrogen and oxygen atoms in total. The van der Waals surface area contributed by atoms with Crippen molar-refractivity contribution in [2.24, 2.45) is 5.92 Å². The van der Waals surface area contributed by atoms with Crippen molar-refractivity contribution in [1.82, 2.24) is 9.78 Å². The van der Waals surface area contributed by atoms with Gasteiger partial charge in [-0.25, -0.2) is 0 Å². The summed E-state index contributed by atoms with van der Waals surface area (Å²) in [6.45, 7) is 4.49. The van der Waals surface area contributed by atoms with Gasteiger partial charge < -0.3 is 9.47 Å². The van der Waals surface area contributed by atoms with Crippen molar-refractivity contribution < 1.29 is 19.1 Å². The Balaban J connectivity index is 2.95. The van der Waals surface area contributed by atoms with Gasteiger partial charge in [-0.3, -0.25) is 14.3 Å². The molecule has 0 fully saturated rings. The van der Waals surface area contributed by atoms with Gasteiger partial charge in [0.15, 0.2) is 5.92 Å². The van der Waals surface area contributed by atoms with Crippen LogP contribution in [0.3, 0.4) is 0 Å². The third kappa shape index (κ3) is 3.09. The number of carbonyl (C=O) groups is 2. The third-order valence-corrected chi connectivity index (χ3v) is 2.67. The molecule has 0 aliphatic heterocycles. The smallest absolute Gasteiger partial charge is 0.320 e. The van der Waals surface area contributed by atoms with Crippen LogP contribution in [0.2, 0.25) is 0 Å². The molecule has 0 amide bonds. The molecule has 0 saturated heterocycles. The highest BCUT2D eigenvalue weighted by Gasteiger charge is 2.30. The van der Waals surface area contributed by atoms with Gasteiger partial charge in [0.1, 0.15) is 0 Å². The fourth-order valence-corrected chi connectivity index (χ4v) is 1.79. The van der Waals surface area contributed by atoms with Crippen molar-refractivity contribution in [2.45, 2.75) is 26.8 Å². The van der Waals surface area contributed by atoms with Crippen LogP contribution in [-0.2, 0) is 32.0 Å². The lowest BCUT2D eigenvalue weighted by atomic mass is 10.0. The van der Waals surface area contributed by atoms with E-state index in [1.807, 2.05) is 19.9 Å². The van der Waals surface area contributed by atoms with Crippen molar-refractivity contribution in [3.05, 3.63) is 17.5 Å². The molecule has 0 aliphatic carbocycles. The number of esters is 2. The highest BCUT2D eigenvalue weighted by atomic mass is 16.5. The number of nitrogens with zero attached hydrogens (tertiary/aromatic N) is 2. The van der Waals surface area contributed by atoms with Crippen molar-refractivity contribution in [3.63, 3.8) is 0 Å². The Hall–Kier alpha value is -1.85. The monoisotopic (exact) mass is 254 g/mol. The molecule has 0 N–H and O–H groups in total. The number of hydrogen-bond donors (Lipinski definition) is 0. The molecule has 0 saturated carbocycles. The van der Waals surface area contributed by atoms with Gasteiger partial charge in [-0.15, -0.1) is 0 Å². The number of aryl methyl sites for hydroxylation is 2.